The van der Waals surface area contributed by atoms with E-state index in [0.717, 1.165) is 37.3 Å². The SMILES string of the molecule is C=C(C)CN(C)Cc1ccc(OCC(O)CN2CCCCCCC2)c(OC)c1. The van der Waals surface area contributed by atoms with Crippen LogP contribution >= 0.6 is 0 Å². The summed E-state index contributed by atoms with van der Waals surface area (Å²) in [6, 6.07) is 6.00. The van der Waals surface area contributed by atoms with E-state index in [-0.39, 0.29) is 6.61 Å². The molecule has 0 saturated carbocycles. The molecule has 0 aliphatic carbocycles. The van der Waals surface area contributed by atoms with Crippen LogP contribution < -0.4 is 9.47 Å². The van der Waals surface area contributed by atoms with Crippen molar-refractivity contribution in [1.29, 1.82) is 0 Å². The van der Waals surface area contributed by atoms with Crippen molar-refractivity contribution in [1.82, 2.24) is 9.80 Å². The second-order valence-electron chi connectivity index (χ2n) is 8.15. The standard InChI is InChI=1S/C23H38N2O3/c1-19(2)15-24(3)16-20-10-11-22(23(14-20)27-4)28-18-21(26)17-25-12-8-6-5-7-9-13-25/h10-11,14,21,26H,1,5-9,12-13,15-18H2,2-4H3. The van der Waals surface area contributed by atoms with Crippen LogP contribution in [0.3, 0.4) is 0 Å². The molecule has 1 saturated heterocycles. The Balaban J connectivity index is 1.85. The summed E-state index contributed by atoms with van der Waals surface area (Å²) in [5.41, 5.74) is 2.30. The largest absolute Gasteiger partial charge is 0.493 e. The number of likely N-dealkylation sites (N-methyl/N-ethyl adjacent to an activating group) is 1. The first kappa shape index (κ1) is 22.7. The van der Waals surface area contributed by atoms with E-state index >= 15 is 0 Å². The summed E-state index contributed by atoms with van der Waals surface area (Å²) >= 11 is 0. The van der Waals surface area contributed by atoms with Crippen LogP contribution in [0.5, 0.6) is 11.5 Å². The molecule has 1 aromatic rings. The molecule has 0 amide bonds. The van der Waals surface area contributed by atoms with Crippen LogP contribution in [0.25, 0.3) is 0 Å². The highest BCUT2D eigenvalue weighted by Gasteiger charge is 2.15. The van der Waals surface area contributed by atoms with Gasteiger partial charge in [-0.3, -0.25) is 4.90 Å². The van der Waals surface area contributed by atoms with Crippen molar-refractivity contribution >= 4 is 0 Å². The van der Waals surface area contributed by atoms with Crippen molar-refractivity contribution < 1.29 is 14.6 Å². The lowest BCUT2D eigenvalue weighted by atomic mass is 10.1. The van der Waals surface area contributed by atoms with Gasteiger partial charge in [0.1, 0.15) is 12.7 Å². The van der Waals surface area contributed by atoms with E-state index in [1.54, 1.807) is 7.11 Å². The van der Waals surface area contributed by atoms with Crippen LogP contribution in [0.4, 0.5) is 0 Å². The molecule has 1 aliphatic rings. The fraction of sp³-hybridized carbons (Fsp3) is 0.652. The Labute approximate surface area is 170 Å². The van der Waals surface area contributed by atoms with Gasteiger partial charge in [0.2, 0.25) is 0 Å². The smallest absolute Gasteiger partial charge is 0.161 e. The predicted octanol–water partition coefficient (Wildman–Crippen LogP) is 3.71. The number of hydrogen-bond donors (Lipinski definition) is 1. The van der Waals surface area contributed by atoms with E-state index in [1.165, 1.54) is 32.1 Å². The maximum atomic E-state index is 10.4. The van der Waals surface area contributed by atoms with E-state index in [9.17, 15) is 5.11 Å². The molecular weight excluding hydrogens is 352 g/mol. The number of hydrogen-bond acceptors (Lipinski definition) is 5. The van der Waals surface area contributed by atoms with Crippen LogP contribution in [0.1, 0.15) is 44.6 Å². The zero-order chi connectivity index (χ0) is 20.4. The van der Waals surface area contributed by atoms with Gasteiger partial charge in [0.15, 0.2) is 11.5 Å². The Morgan fingerprint density at radius 3 is 2.50 bits per heavy atom. The molecule has 0 aromatic heterocycles. The monoisotopic (exact) mass is 390 g/mol. The van der Waals surface area contributed by atoms with Gasteiger partial charge in [-0.25, -0.2) is 0 Å². The molecular formula is C23H38N2O3. The van der Waals surface area contributed by atoms with Crippen molar-refractivity contribution in [3.63, 3.8) is 0 Å². The molecule has 1 aromatic carbocycles. The van der Waals surface area contributed by atoms with E-state index in [1.807, 2.05) is 19.1 Å². The summed E-state index contributed by atoms with van der Waals surface area (Å²) in [6.07, 6.45) is 5.90. The molecule has 1 unspecified atom stereocenters. The fourth-order valence-corrected chi connectivity index (χ4v) is 3.79. The van der Waals surface area contributed by atoms with Crippen LogP contribution in [0.15, 0.2) is 30.4 Å². The van der Waals surface area contributed by atoms with Crippen LogP contribution in [-0.4, -0.2) is 68.0 Å². The van der Waals surface area contributed by atoms with Crippen LogP contribution in [-0.2, 0) is 6.54 Å². The Bertz CT molecular complexity index is 598. The molecule has 5 nitrogen and oxygen atoms in total. The zero-order valence-corrected chi connectivity index (χ0v) is 18.0. The average molecular weight is 391 g/mol. The Kier molecular flexibility index (Phi) is 9.82. The quantitative estimate of drug-likeness (QED) is 0.617. The molecule has 158 valence electrons. The predicted molar refractivity (Wildman–Crippen MR) is 115 cm³/mol. The third-order valence-corrected chi connectivity index (χ3v) is 5.07. The summed E-state index contributed by atoms with van der Waals surface area (Å²) in [5.74, 6) is 1.39. The molecule has 1 heterocycles. The normalized spacial score (nSPS) is 17.0. The highest BCUT2D eigenvalue weighted by atomic mass is 16.5. The minimum Gasteiger partial charge on any atom is -0.493 e. The summed E-state index contributed by atoms with van der Waals surface area (Å²) in [6.45, 7) is 10.8. The van der Waals surface area contributed by atoms with E-state index in [4.69, 9.17) is 9.47 Å². The van der Waals surface area contributed by atoms with Gasteiger partial charge in [-0.15, -0.1) is 0 Å². The van der Waals surface area contributed by atoms with Gasteiger partial charge in [0.25, 0.3) is 0 Å². The maximum Gasteiger partial charge on any atom is 0.161 e. The van der Waals surface area contributed by atoms with Crippen molar-refractivity contribution in [2.24, 2.45) is 0 Å². The molecule has 28 heavy (non-hydrogen) atoms. The van der Waals surface area contributed by atoms with Crippen molar-refractivity contribution in [3.05, 3.63) is 35.9 Å². The second-order valence-corrected chi connectivity index (χ2v) is 8.15. The number of likely N-dealkylation sites (tertiary alicyclic amines) is 1. The van der Waals surface area contributed by atoms with Gasteiger partial charge < -0.3 is 19.5 Å². The fourth-order valence-electron chi connectivity index (χ4n) is 3.79. The number of nitrogens with zero attached hydrogens (tertiary/aromatic N) is 2. The van der Waals surface area contributed by atoms with Gasteiger partial charge in [0.05, 0.1) is 7.11 Å². The molecule has 2 rings (SSSR count). The lowest BCUT2D eigenvalue weighted by molar-refractivity contribution is 0.0645. The minimum absolute atomic E-state index is 0.280. The third kappa shape index (κ3) is 8.21. The maximum absolute atomic E-state index is 10.4. The first-order valence-corrected chi connectivity index (χ1v) is 10.5. The summed E-state index contributed by atoms with van der Waals surface area (Å²) < 4.78 is 11.4. The lowest BCUT2D eigenvalue weighted by Crippen LogP contribution is -2.37. The number of aliphatic hydroxyl groups is 1. The number of β-amino-alcohol motifs (C(OH)–C–C–N with tert-alkyl or cyclic N) is 1. The topological polar surface area (TPSA) is 45.2 Å². The molecule has 1 aliphatic heterocycles. The molecule has 0 spiro atoms. The molecule has 1 fully saturated rings. The average Bonchev–Trinajstić information content (AvgIpc) is 2.62. The first-order chi connectivity index (χ1) is 13.5. The number of ether oxygens (including phenoxy) is 2. The van der Waals surface area contributed by atoms with Crippen molar-refractivity contribution in [3.8, 4) is 11.5 Å². The van der Waals surface area contributed by atoms with Crippen LogP contribution in [0, 0.1) is 0 Å². The number of methoxy groups -OCH3 is 1. The van der Waals surface area contributed by atoms with E-state index in [2.05, 4.69) is 29.5 Å². The Morgan fingerprint density at radius 2 is 1.86 bits per heavy atom. The van der Waals surface area contributed by atoms with Crippen LogP contribution in [0.2, 0.25) is 0 Å². The number of aliphatic hydroxyl groups excluding tert-OH is 1. The summed E-state index contributed by atoms with van der Waals surface area (Å²) in [7, 11) is 3.73. The highest BCUT2D eigenvalue weighted by molar-refractivity contribution is 5.43. The highest BCUT2D eigenvalue weighted by Crippen LogP contribution is 2.28. The van der Waals surface area contributed by atoms with Crippen molar-refractivity contribution in [2.75, 3.05) is 46.9 Å². The summed E-state index contributed by atoms with van der Waals surface area (Å²) in [4.78, 5) is 4.58. The summed E-state index contributed by atoms with van der Waals surface area (Å²) in [5, 5.41) is 10.4. The molecule has 5 heteroatoms. The molecule has 1 atom stereocenters. The zero-order valence-electron chi connectivity index (χ0n) is 18.0. The van der Waals surface area contributed by atoms with Gasteiger partial charge in [0, 0.05) is 19.6 Å². The Hall–Kier alpha value is -1.56. The van der Waals surface area contributed by atoms with Gasteiger partial charge in [-0.2, -0.15) is 0 Å². The third-order valence-electron chi connectivity index (χ3n) is 5.07. The molecule has 0 bridgehead atoms. The first-order valence-electron chi connectivity index (χ1n) is 10.5. The van der Waals surface area contributed by atoms with E-state index < -0.39 is 6.10 Å². The molecule has 1 N–H and O–H groups in total. The second kappa shape index (κ2) is 12.1. The van der Waals surface area contributed by atoms with Gasteiger partial charge in [-0.05, 0) is 57.6 Å². The Morgan fingerprint density at radius 1 is 1.18 bits per heavy atom. The van der Waals surface area contributed by atoms with Gasteiger partial charge in [-0.1, -0.05) is 37.5 Å². The van der Waals surface area contributed by atoms with E-state index in [0.29, 0.717) is 18.0 Å². The molecule has 0 radical (unpaired) electrons. The van der Waals surface area contributed by atoms with Crippen molar-refractivity contribution in [2.45, 2.75) is 51.7 Å². The lowest BCUT2D eigenvalue weighted by Gasteiger charge is -2.26. The number of benzene rings is 1. The minimum atomic E-state index is -0.495. The number of rotatable bonds is 10. The van der Waals surface area contributed by atoms with Gasteiger partial charge >= 0.3 is 0 Å².